The topological polar surface area (TPSA) is 55.1 Å². The maximum Gasteiger partial charge on any atom is 0.179 e. The van der Waals surface area contributed by atoms with Crippen LogP contribution in [0.5, 0.6) is 0 Å². The van der Waals surface area contributed by atoms with Crippen molar-refractivity contribution in [3.63, 3.8) is 0 Å². The maximum absolute atomic E-state index is 4.11. The molecule has 0 atom stereocenters. The highest BCUT2D eigenvalue weighted by molar-refractivity contribution is 5.33. The molecule has 2 aromatic rings. The van der Waals surface area contributed by atoms with Gasteiger partial charge in [0.15, 0.2) is 5.65 Å². The molecule has 0 saturated heterocycles. The number of fused-ring (bicyclic) bond motifs is 1. The molecule has 5 nitrogen and oxygen atoms in total. The third kappa shape index (κ3) is 1.72. The van der Waals surface area contributed by atoms with Crippen molar-refractivity contribution in [2.24, 2.45) is 0 Å². The summed E-state index contributed by atoms with van der Waals surface area (Å²) in [6.45, 7) is 1.000. The van der Waals surface area contributed by atoms with Crippen LogP contribution >= 0.6 is 0 Å². The van der Waals surface area contributed by atoms with Crippen LogP contribution in [0, 0.1) is 0 Å². The summed E-state index contributed by atoms with van der Waals surface area (Å²) >= 11 is 0. The predicted octanol–water partition coefficient (Wildman–Crippen LogP) is 0.276. The van der Waals surface area contributed by atoms with E-state index in [2.05, 4.69) is 20.5 Å². The quantitative estimate of drug-likeness (QED) is 0.705. The van der Waals surface area contributed by atoms with Gasteiger partial charge >= 0.3 is 0 Å². The van der Waals surface area contributed by atoms with Crippen LogP contribution < -0.4 is 5.32 Å². The minimum Gasteiger partial charge on any atom is -0.320 e. The van der Waals surface area contributed by atoms with Gasteiger partial charge in [-0.15, -0.1) is 10.2 Å². The Balaban J connectivity index is 2.17. The monoisotopic (exact) mass is 191 g/mol. The molecule has 0 unspecified atom stereocenters. The summed E-state index contributed by atoms with van der Waals surface area (Å²) in [5, 5.41) is 11.2. The first-order valence-corrected chi connectivity index (χ1v) is 4.70. The Kier molecular flexibility index (Phi) is 2.69. The Labute approximate surface area is 82.2 Å². The Morgan fingerprint density at radius 2 is 2.36 bits per heavy atom. The van der Waals surface area contributed by atoms with Gasteiger partial charge in [0.2, 0.25) is 0 Å². The zero-order valence-electron chi connectivity index (χ0n) is 8.14. The van der Waals surface area contributed by atoms with Crippen LogP contribution in [0.2, 0.25) is 0 Å². The van der Waals surface area contributed by atoms with Crippen LogP contribution in [0.3, 0.4) is 0 Å². The van der Waals surface area contributed by atoms with Crippen molar-refractivity contribution >= 4 is 5.65 Å². The van der Waals surface area contributed by atoms with Gasteiger partial charge in [0.1, 0.15) is 5.82 Å². The number of nitrogens with zero attached hydrogens (tertiary/aromatic N) is 4. The third-order valence-electron chi connectivity index (χ3n) is 2.11. The minimum atomic E-state index is 0.812. The number of hydrogen-bond donors (Lipinski definition) is 1. The van der Waals surface area contributed by atoms with Crippen molar-refractivity contribution in [3.8, 4) is 0 Å². The molecule has 74 valence electrons. The van der Waals surface area contributed by atoms with E-state index in [1.165, 1.54) is 0 Å². The smallest absolute Gasteiger partial charge is 0.179 e. The fraction of sp³-hybridized carbons (Fsp3) is 0.444. The van der Waals surface area contributed by atoms with Crippen LogP contribution in [0.25, 0.3) is 5.65 Å². The Bertz CT molecular complexity index is 408. The van der Waals surface area contributed by atoms with Gasteiger partial charge in [-0.2, -0.15) is 0 Å². The molecule has 0 aromatic carbocycles. The molecule has 0 radical (unpaired) electrons. The highest BCUT2D eigenvalue weighted by Crippen LogP contribution is 2.02. The molecular formula is C9H13N5. The molecule has 0 aliphatic carbocycles. The second-order valence-electron chi connectivity index (χ2n) is 3.13. The molecule has 0 fully saturated rings. The Morgan fingerprint density at radius 1 is 1.43 bits per heavy atom. The molecule has 0 bridgehead atoms. The van der Waals surface area contributed by atoms with Crippen LogP contribution in [-0.2, 0) is 6.42 Å². The average Bonchev–Trinajstić information content (AvgIpc) is 2.63. The van der Waals surface area contributed by atoms with E-state index in [9.17, 15) is 0 Å². The first-order chi connectivity index (χ1) is 6.92. The zero-order chi connectivity index (χ0) is 9.80. The molecular weight excluding hydrogens is 178 g/mol. The lowest BCUT2D eigenvalue weighted by atomic mass is 10.3. The van der Waals surface area contributed by atoms with Gasteiger partial charge in [-0.3, -0.25) is 9.38 Å². The lowest BCUT2D eigenvalue weighted by molar-refractivity contribution is 0.697. The fourth-order valence-corrected chi connectivity index (χ4v) is 1.40. The van der Waals surface area contributed by atoms with Crippen LogP contribution in [0.15, 0.2) is 18.6 Å². The van der Waals surface area contributed by atoms with Crippen LogP contribution in [0.1, 0.15) is 12.2 Å². The second kappa shape index (κ2) is 4.15. The molecule has 2 rings (SSSR count). The van der Waals surface area contributed by atoms with E-state index >= 15 is 0 Å². The highest BCUT2D eigenvalue weighted by Gasteiger charge is 2.03. The lowest BCUT2D eigenvalue weighted by Crippen LogP contribution is -2.09. The van der Waals surface area contributed by atoms with Crippen molar-refractivity contribution < 1.29 is 0 Å². The third-order valence-corrected chi connectivity index (χ3v) is 2.11. The van der Waals surface area contributed by atoms with Gasteiger partial charge < -0.3 is 5.32 Å². The van der Waals surface area contributed by atoms with E-state index in [0.717, 1.165) is 30.9 Å². The predicted molar refractivity (Wildman–Crippen MR) is 53.0 cm³/mol. The average molecular weight is 191 g/mol. The summed E-state index contributed by atoms with van der Waals surface area (Å²) in [6.07, 6.45) is 7.36. The fourth-order valence-electron chi connectivity index (χ4n) is 1.40. The van der Waals surface area contributed by atoms with Gasteiger partial charge in [0.25, 0.3) is 0 Å². The largest absolute Gasteiger partial charge is 0.320 e. The van der Waals surface area contributed by atoms with Crippen molar-refractivity contribution in [3.05, 3.63) is 24.4 Å². The number of aryl methyl sites for hydroxylation is 1. The summed E-state index contributed by atoms with van der Waals surface area (Å²) in [7, 11) is 1.95. The summed E-state index contributed by atoms with van der Waals surface area (Å²) in [6, 6.07) is 0. The molecule has 2 heterocycles. The van der Waals surface area contributed by atoms with Crippen molar-refractivity contribution in [1.29, 1.82) is 0 Å². The molecule has 5 heteroatoms. The summed E-state index contributed by atoms with van der Waals surface area (Å²) in [5.41, 5.74) is 0.812. The molecule has 1 N–H and O–H groups in total. The first kappa shape index (κ1) is 9.08. The zero-order valence-corrected chi connectivity index (χ0v) is 8.14. The molecule has 2 aromatic heterocycles. The van der Waals surface area contributed by atoms with Crippen LogP contribution in [0.4, 0.5) is 0 Å². The van der Waals surface area contributed by atoms with E-state index in [0.29, 0.717) is 0 Å². The molecule has 0 aliphatic rings. The summed E-state index contributed by atoms with van der Waals surface area (Å²) in [5.74, 6) is 0.998. The first-order valence-electron chi connectivity index (χ1n) is 4.70. The maximum atomic E-state index is 4.11. The number of nitrogens with one attached hydrogen (secondary N) is 1. The molecule has 0 spiro atoms. The molecule has 0 amide bonds. The summed E-state index contributed by atoms with van der Waals surface area (Å²) < 4.78 is 1.97. The van der Waals surface area contributed by atoms with Gasteiger partial charge in [-0.1, -0.05) is 0 Å². The van der Waals surface area contributed by atoms with Gasteiger partial charge in [-0.05, 0) is 20.0 Å². The minimum absolute atomic E-state index is 0.812. The van der Waals surface area contributed by atoms with E-state index in [4.69, 9.17) is 0 Å². The van der Waals surface area contributed by atoms with Crippen molar-refractivity contribution in [2.45, 2.75) is 12.8 Å². The SMILES string of the molecule is CNCCCc1nnc2cnccn12. The van der Waals surface area contributed by atoms with E-state index in [-0.39, 0.29) is 0 Å². The van der Waals surface area contributed by atoms with Crippen molar-refractivity contribution in [2.75, 3.05) is 13.6 Å². The second-order valence-corrected chi connectivity index (χ2v) is 3.13. The Morgan fingerprint density at radius 3 is 3.21 bits per heavy atom. The van der Waals surface area contributed by atoms with E-state index in [1.54, 1.807) is 12.4 Å². The lowest BCUT2D eigenvalue weighted by Gasteiger charge is -1.98. The Hall–Kier alpha value is -1.49. The van der Waals surface area contributed by atoms with Gasteiger partial charge in [0.05, 0.1) is 6.20 Å². The number of aromatic nitrogens is 4. The van der Waals surface area contributed by atoms with Gasteiger partial charge in [0, 0.05) is 18.8 Å². The number of hydrogen-bond acceptors (Lipinski definition) is 4. The normalized spacial score (nSPS) is 10.9. The van der Waals surface area contributed by atoms with E-state index < -0.39 is 0 Å². The summed E-state index contributed by atoms with van der Waals surface area (Å²) in [4.78, 5) is 3.99. The van der Waals surface area contributed by atoms with Crippen LogP contribution in [-0.4, -0.2) is 33.2 Å². The molecule has 0 aliphatic heterocycles. The molecule has 0 saturated carbocycles. The number of rotatable bonds is 4. The van der Waals surface area contributed by atoms with Crippen molar-refractivity contribution in [1.82, 2.24) is 24.9 Å². The highest BCUT2D eigenvalue weighted by atomic mass is 15.2. The van der Waals surface area contributed by atoms with Gasteiger partial charge in [-0.25, -0.2) is 0 Å². The van der Waals surface area contributed by atoms with E-state index in [1.807, 2.05) is 17.6 Å². The standard InChI is InChI=1S/C9H13N5/c1-10-4-2-3-8-12-13-9-7-11-5-6-14(8)9/h5-7,10H,2-4H2,1H3. The molecule has 14 heavy (non-hydrogen) atoms.